The second kappa shape index (κ2) is 9.03. The van der Waals surface area contributed by atoms with Crippen molar-refractivity contribution in [1.82, 2.24) is 14.9 Å². The molecule has 1 aliphatic carbocycles. The normalized spacial score (nSPS) is 21.2. The first kappa shape index (κ1) is 24.2. The number of sulfonamides is 1. The SMILES string of the molecule is CNCC1(C)C=C(c2ccccc2F)N(S(=O)(=O)c2ccc(OCC3(C(=O)NC)CC3)cc2)C1. The van der Waals surface area contributed by atoms with Gasteiger partial charge in [-0.25, -0.2) is 12.8 Å². The van der Waals surface area contributed by atoms with E-state index in [1.807, 2.05) is 13.0 Å². The molecule has 182 valence electrons. The van der Waals surface area contributed by atoms with E-state index in [0.29, 0.717) is 18.0 Å². The van der Waals surface area contributed by atoms with E-state index >= 15 is 0 Å². The maximum Gasteiger partial charge on any atom is 0.264 e. The van der Waals surface area contributed by atoms with Crippen LogP contribution in [-0.2, 0) is 14.8 Å². The molecule has 1 amide bonds. The number of carbonyl (C=O) groups is 1. The van der Waals surface area contributed by atoms with Crippen molar-refractivity contribution in [3.8, 4) is 5.75 Å². The van der Waals surface area contributed by atoms with Gasteiger partial charge in [-0.05, 0) is 56.3 Å². The van der Waals surface area contributed by atoms with Crippen LogP contribution in [0.5, 0.6) is 5.75 Å². The van der Waals surface area contributed by atoms with E-state index in [4.69, 9.17) is 4.74 Å². The van der Waals surface area contributed by atoms with Crippen molar-refractivity contribution >= 4 is 21.6 Å². The van der Waals surface area contributed by atoms with Crippen LogP contribution in [-0.4, -0.2) is 52.4 Å². The molecule has 9 heteroatoms. The number of nitrogens with one attached hydrogen (secondary N) is 2. The van der Waals surface area contributed by atoms with Gasteiger partial charge in [0.25, 0.3) is 10.0 Å². The number of hydrogen-bond acceptors (Lipinski definition) is 5. The summed E-state index contributed by atoms with van der Waals surface area (Å²) in [6, 6.07) is 12.3. The molecule has 34 heavy (non-hydrogen) atoms. The zero-order valence-electron chi connectivity index (χ0n) is 19.6. The van der Waals surface area contributed by atoms with Crippen LogP contribution in [0, 0.1) is 16.6 Å². The molecule has 0 bridgehead atoms. The monoisotopic (exact) mass is 487 g/mol. The van der Waals surface area contributed by atoms with Crippen LogP contribution in [0.1, 0.15) is 25.3 Å². The summed E-state index contributed by atoms with van der Waals surface area (Å²) < 4.78 is 49.0. The Morgan fingerprint density at radius 3 is 2.38 bits per heavy atom. The van der Waals surface area contributed by atoms with E-state index in [9.17, 15) is 17.6 Å². The first-order valence-electron chi connectivity index (χ1n) is 11.2. The predicted molar refractivity (Wildman–Crippen MR) is 128 cm³/mol. The molecule has 1 fully saturated rings. The van der Waals surface area contributed by atoms with Crippen LogP contribution in [0.3, 0.4) is 0 Å². The van der Waals surface area contributed by atoms with Crippen molar-refractivity contribution in [2.24, 2.45) is 10.8 Å². The van der Waals surface area contributed by atoms with Crippen molar-refractivity contribution in [1.29, 1.82) is 0 Å². The van der Waals surface area contributed by atoms with Gasteiger partial charge in [-0.15, -0.1) is 0 Å². The minimum absolute atomic E-state index is 0.0437. The Hall–Kier alpha value is -2.91. The van der Waals surface area contributed by atoms with Crippen LogP contribution in [0.2, 0.25) is 0 Å². The van der Waals surface area contributed by atoms with E-state index < -0.39 is 26.7 Å². The van der Waals surface area contributed by atoms with Crippen molar-refractivity contribution in [3.63, 3.8) is 0 Å². The topological polar surface area (TPSA) is 87.7 Å². The van der Waals surface area contributed by atoms with Gasteiger partial charge in [0.2, 0.25) is 5.91 Å². The van der Waals surface area contributed by atoms with Gasteiger partial charge in [-0.2, -0.15) is 0 Å². The summed E-state index contributed by atoms with van der Waals surface area (Å²) in [6.45, 7) is 2.91. The Labute approximate surface area is 200 Å². The molecule has 1 unspecified atom stereocenters. The highest BCUT2D eigenvalue weighted by Crippen LogP contribution is 2.46. The molecule has 0 spiro atoms. The van der Waals surface area contributed by atoms with E-state index in [1.165, 1.54) is 22.5 Å². The maximum atomic E-state index is 14.6. The Kier molecular flexibility index (Phi) is 6.44. The number of benzene rings is 2. The van der Waals surface area contributed by atoms with Crippen molar-refractivity contribution < 1.29 is 22.3 Å². The largest absolute Gasteiger partial charge is 0.492 e. The molecule has 4 rings (SSSR count). The van der Waals surface area contributed by atoms with Gasteiger partial charge < -0.3 is 15.4 Å². The Morgan fingerprint density at radius 1 is 1.12 bits per heavy atom. The minimum Gasteiger partial charge on any atom is -0.492 e. The van der Waals surface area contributed by atoms with Gasteiger partial charge in [0.05, 0.1) is 16.0 Å². The highest BCUT2D eigenvalue weighted by molar-refractivity contribution is 7.89. The number of nitrogens with zero attached hydrogens (tertiary/aromatic N) is 1. The van der Waals surface area contributed by atoms with Gasteiger partial charge in [0, 0.05) is 31.1 Å². The summed E-state index contributed by atoms with van der Waals surface area (Å²) >= 11 is 0. The van der Waals surface area contributed by atoms with Crippen molar-refractivity contribution in [2.45, 2.75) is 24.7 Å². The molecule has 2 aliphatic rings. The van der Waals surface area contributed by atoms with Gasteiger partial charge >= 0.3 is 0 Å². The van der Waals surface area contributed by atoms with Gasteiger partial charge in [-0.3, -0.25) is 9.10 Å². The van der Waals surface area contributed by atoms with E-state index in [1.54, 1.807) is 44.4 Å². The zero-order chi connectivity index (χ0) is 24.6. The third-order valence-corrected chi connectivity index (χ3v) is 8.25. The predicted octanol–water partition coefficient (Wildman–Crippen LogP) is 3.00. The highest BCUT2D eigenvalue weighted by Gasteiger charge is 2.50. The Balaban J connectivity index is 1.58. The lowest BCUT2D eigenvalue weighted by molar-refractivity contribution is -0.126. The van der Waals surface area contributed by atoms with Crippen LogP contribution >= 0.6 is 0 Å². The first-order chi connectivity index (χ1) is 16.1. The number of amides is 1. The smallest absolute Gasteiger partial charge is 0.264 e. The molecule has 2 aromatic carbocycles. The second-order valence-corrected chi connectivity index (χ2v) is 11.2. The van der Waals surface area contributed by atoms with Crippen LogP contribution in [0.4, 0.5) is 4.39 Å². The summed E-state index contributed by atoms with van der Waals surface area (Å²) in [7, 11) is -0.554. The number of ether oxygens (including phenoxy) is 1. The third-order valence-electron chi connectivity index (χ3n) is 6.48. The number of hydrogen-bond donors (Lipinski definition) is 2. The molecule has 0 radical (unpaired) electrons. The fourth-order valence-corrected chi connectivity index (χ4v) is 5.99. The number of carbonyl (C=O) groups excluding carboxylic acids is 1. The van der Waals surface area contributed by atoms with E-state index in [0.717, 1.165) is 12.8 Å². The average Bonchev–Trinajstić information content (AvgIpc) is 3.54. The lowest BCUT2D eigenvalue weighted by Gasteiger charge is -2.27. The van der Waals surface area contributed by atoms with Crippen LogP contribution in [0.25, 0.3) is 5.70 Å². The van der Waals surface area contributed by atoms with Crippen molar-refractivity contribution in [2.75, 3.05) is 33.8 Å². The molecule has 2 N–H and O–H groups in total. The van der Waals surface area contributed by atoms with Crippen LogP contribution in [0.15, 0.2) is 59.5 Å². The summed E-state index contributed by atoms with van der Waals surface area (Å²) in [4.78, 5) is 12.1. The third kappa shape index (κ3) is 4.54. The first-order valence-corrected chi connectivity index (χ1v) is 12.7. The standard InChI is InChI=1S/C25H30FN3O4S/c1-24(15-27-2)14-22(20-6-4-5-7-21(20)26)29(16-24)34(31,32)19-10-8-18(9-11-19)33-17-25(12-13-25)23(30)28-3/h4-11,14,27H,12-13,15-17H2,1-3H3,(H,28,30). The quantitative estimate of drug-likeness (QED) is 0.568. The van der Waals surface area contributed by atoms with Gasteiger partial charge in [0.1, 0.15) is 18.2 Å². The Morgan fingerprint density at radius 2 is 1.79 bits per heavy atom. The molecular weight excluding hydrogens is 457 g/mol. The average molecular weight is 488 g/mol. The summed E-state index contributed by atoms with van der Waals surface area (Å²) in [5, 5.41) is 5.76. The lowest BCUT2D eigenvalue weighted by Crippen LogP contribution is -2.36. The second-order valence-electron chi connectivity index (χ2n) is 9.32. The molecule has 2 aromatic rings. The van der Waals surface area contributed by atoms with Gasteiger partial charge in [0.15, 0.2) is 0 Å². The molecule has 1 atom stereocenters. The minimum atomic E-state index is -3.96. The zero-order valence-corrected chi connectivity index (χ0v) is 20.4. The summed E-state index contributed by atoms with van der Waals surface area (Å²) in [5.41, 5.74) is -0.417. The van der Waals surface area contributed by atoms with Gasteiger partial charge in [-0.1, -0.05) is 25.1 Å². The number of rotatable bonds is 9. The Bertz CT molecular complexity index is 1210. The van der Waals surface area contributed by atoms with E-state index in [2.05, 4.69) is 10.6 Å². The van der Waals surface area contributed by atoms with Crippen LogP contribution < -0.4 is 15.4 Å². The molecular formula is C25H30FN3O4S. The number of halogens is 1. The molecule has 1 saturated carbocycles. The summed E-state index contributed by atoms with van der Waals surface area (Å²) in [6.07, 6.45) is 3.36. The van der Waals surface area contributed by atoms with E-state index in [-0.39, 0.29) is 29.5 Å². The molecule has 1 aliphatic heterocycles. The molecule has 0 saturated heterocycles. The fraction of sp³-hybridized carbons (Fsp3) is 0.400. The molecule has 1 heterocycles. The lowest BCUT2D eigenvalue weighted by atomic mass is 9.92. The van der Waals surface area contributed by atoms with Crippen molar-refractivity contribution in [3.05, 3.63) is 66.0 Å². The summed E-state index contributed by atoms with van der Waals surface area (Å²) in [5.74, 6) is -0.0326. The fourth-order valence-electron chi connectivity index (χ4n) is 4.38. The molecule has 7 nitrogen and oxygen atoms in total. The molecule has 0 aromatic heterocycles. The maximum absolute atomic E-state index is 14.6. The highest BCUT2D eigenvalue weighted by atomic mass is 32.2.